The topological polar surface area (TPSA) is 55.0 Å². The smallest absolute Gasteiger partial charge is 0.137 e. The van der Waals surface area contributed by atoms with Crippen LogP contribution in [0.1, 0.15) is 63.4 Å². The van der Waals surface area contributed by atoms with Gasteiger partial charge >= 0.3 is 0 Å². The van der Waals surface area contributed by atoms with E-state index in [2.05, 4.69) is 177 Å². The number of furan rings is 3. The number of aliphatic imine (C=N–C) groups is 1. The van der Waals surface area contributed by atoms with Crippen LogP contribution in [0.5, 0.6) is 0 Å². The number of likely N-dealkylation sites (N-methyl/N-ethyl adjacent to an activating group) is 1. The van der Waals surface area contributed by atoms with Crippen LogP contribution in [0.3, 0.4) is 0 Å². The van der Waals surface area contributed by atoms with Crippen LogP contribution < -0.4 is 0 Å². The Morgan fingerprint density at radius 2 is 1.25 bits per heavy atom. The van der Waals surface area contributed by atoms with Gasteiger partial charge in [0.15, 0.2) is 0 Å². The number of nitrogens with zero attached hydrogens (tertiary/aromatic N) is 2. The Labute approximate surface area is 377 Å². The number of para-hydroxylation sites is 3. The molecular formula is C60H44N2O3. The maximum atomic E-state index is 6.39. The fraction of sp³-hybridized carbons (Fsp3) is 0.0833. The molecule has 0 radical (unpaired) electrons. The predicted octanol–water partition coefficient (Wildman–Crippen LogP) is 15.8. The summed E-state index contributed by atoms with van der Waals surface area (Å²) in [5.41, 5.74) is 15.7. The molecule has 2 aliphatic rings. The van der Waals surface area contributed by atoms with Crippen LogP contribution in [0.2, 0.25) is 0 Å². The maximum absolute atomic E-state index is 6.39. The number of amidine groups is 1. The van der Waals surface area contributed by atoms with Crippen molar-refractivity contribution in [3.63, 3.8) is 0 Å². The van der Waals surface area contributed by atoms with E-state index in [4.69, 9.17) is 18.2 Å². The maximum Gasteiger partial charge on any atom is 0.137 e. The van der Waals surface area contributed by atoms with Crippen LogP contribution in [-0.2, 0) is 6.42 Å². The molecule has 312 valence electrons. The molecule has 12 rings (SSSR count). The SMILES string of the molecule is C=Cc1c(/C=C\c2cc(C3=CC(c4ccc(-c5ccc6oc7ccccc7c6c5)cc4)N(C)C(c4ccccc4)=N3)cc(C3=Cc4c(oc5ccccc45)CC3C)c2)oc2ccccc12. The molecule has 0 N–H and O–H groups in total. The first-order valence-electron chi connectivity index (χ1n) is 22.3. The van der Waals surface area contributed by atoms with Gasteiger partial charge < -0.3 is 18.2 Å². The van der Waals surface area contributed by atoms with E-state index in [1.165, 1.54) is 16.7 Å². The number of hydrogen-bond acceptors (Lipinski definition) is 5. The van der Waals surface area contributed by atoms with Gasteiger partial charge in [-0.2, -0.15) is 0 Å². The lowest BCUT2D eigenvalue weighted by molar-refractivity contribution is 0.435. The number of rotatable bonds is 8. The highest BCUT2D eigenvalue weighted by Crippen LogP contribution is 2.42. The van der Waals surface area contributed by atoms with Crippen molar-refractivity contribution in [2.75, 3.05) is 7.05 Å². The first-order chi connectivity index (χ1) is 32.0. The molecule has 10 aromatic rings. The lowest BCUT2D eigenvalue weighted by Gasteiger charge is -2.33. The average Bonchev–Trinajstić information content (AvgIpc) is 4.03. The van der Waals surface area contributed by atoms with E-state index in [1.807, 2.05) is 42.5 Å². The van der Waals surface area contributed by atoms with Crippen LogP contribution >= 0.6 is 0 Å². The second-order valence-corrected chi connectivity index (χ2v) is 17.2. The molecule has 3 aromatic heterocycles. The molecule has 0 amide bonds. The first kappa shape index (κ1) is 38.5. The molecular weight excluding hydrogens is 797 g/mol. The molecule has 0 spiro atoms. The summed E-state index contributed by atoms with van der Waals surface area (Å²) in [5.74, 6) is 2.96. The Balaban J connectivity index is 0.987. The van der Waals surface area contributed by atoms with Crippen LogP contribution in [0.25, 0.3) is 90.6 Å². The van der Waals surface area contributed by atoms with E-state index in [0.29, 0.717) is 0 Å². The molecule has 4 heterocycles. The van der Waals surface area contributed by atoms with E-state index >= 15 is 0 Å². The molecule has 1 aliphatic carbocycles. The zero-order chi connectivity index (χ0) is 43.6. The molecule has 0 fully saturated rings. The summed E-state index contributed by atoms with van der Waals surface area (Å²) >= 11 is 0. The molecule has 65 heavy (non-hydrogen) atoms. The second-order valence-electron chi connectivity index (χ2n) is 17.2. The van der Waals surface area contributed by atoms with Gasteiger partial charge in [0.25, 0.3) is 0 Å². The van der Waals surface area contributed by atoms with E-state index in [1.54, 1.807) is 0 Å². The molecule has 2 unspecified atom stereocenters. The van der Waals surface area contributed by atoms with E-state index in [-0.39, 0.29) is 12.0 Å². The summed E-state index contributed by atoms with van der Waals surface area (Å²) < 4.78 is 18.9. The van der Waals surface area contributed by atoms with Gasteiger partial charge in [0.1, 0.15) is 39.7 Å². The van der Waals surface area contributed by atoms with Gasteiger partial charge in [-0.05, 0) is 106 Å². The van der Waals surface area contributed by atoms with Crippen molar-refractivity contribution < 1.29 is 13.3 Å². The summed E-state index contributed by atoms with van der Waals surface area (Å²) in [5, 5.41) is 4.44. The third-order valence-electron chi connectivity index (χ3n) is 13.2. The van der Waals surface area contributed by atoms with Crippen molar-refractivity contribution in [1.29, 1.82) is 0 Å². The van der Waals surface area contributed by atoms with Crippen molar-refractivity contribution >= 4 is 85.3 Å². The van der Waals surface area contributed by atoms with Crippen molar-refractivity contribution in [3.8, 4) is 11.1 Å². The number of allylic oxidation sites excluding steroid dienone is 1. The van der Waals surface area contributed by atoms with Crippen molar-refractivity contribution in [2.24, 2.45) is 10.9 Å². The Kier molecular flexibility index (Phi) is 9.23. The highest BCUT2D eigenvalue weighted by Gasteiger charge is 2.28. The number of hydrogen-bond donors (Lipinski definition) is 0. The summed E-state index contributed by atoms with van der Waals surface area (Å²) in [6.07, 6.45) is 11.6. The number of fused-ring (bicyclic) bond motifs is 7. The van der Waals surface area contributed by atoms with E-state index < -0.39 is 0 Å². The van der Waals surface area contributed by atoms with Crippen molar-refractivity contribution in [3.05, 3.63) is 227 Å². The average molecular weight is 841 g/mol. The van der Waals surface area contributed by atoms with Gasteiger partial charge in [-0.1, -0.05) is 141 Å². The lowest BCUT2D eigenvalue weighted by Crippen LogP contribution is -2.33. The van der Waals surface area contributed by atoms with Gasteiger partial charge in [-0.25, -0.2) is 4.99 Å². The number of benzene rings is 7. The summed E-state index contributed by atoms with van der Waals surface area (Å²) in [4.78, 5) is 7.78. The van der Waals surface area contributed by atoms with Crippen LogP contribution in [0.15, 0.2) is 195 Å². The standard InChI is InChI=1S/C60H44N2O3/c1-4-45-46-16-8-11-19-54(46)63-57(45)28-22-38-31-43(49-35-51-48-18-10-13-21-56(48)65-59(51)30-37(49)2)33-44(32-38)52-36-53(62(3)60(61-52)41-14-6-5-7-15-41)40-25-23-39(24-26-40)42-27-29-58-50(34-42)47-17-9-12-20-55(47)64-58/h4-29,31-37,53H,1,30H2,2-3H3/b28-22-. The molecule has 0 saturated heterocycles. The highest BCUT2D eigenvalue weighted by molar-refractivity contribution is 6.07. The van der Waals surface area contributed by atoms with Gasteiger partial charge in [0, 0.05) is 57.3 Å². The fourth-order valence-electron chi connectivity index (χ4n) is 9.87. The Bertz CT molecular complexity index is 3630. The second kappa shape index (κ2) is 15.6. The summed E-state index contributed by atoms with van der Waals surface area (Å²) in [7, 11) is 2.14. The largest absolute Gasteiger partial charge is 0.460 e. The monoisotopic (exact) mass is 840 g/mol. The first-order valence-corrected chi connectivity index (χ1v) is 22.3. The summed E-state index contributed by atoms with van der Waals surface area (Å²) in [6, 6.07) is 57.4. The Morgan fingerprint density at radius 3 is 2.03 bits per heavy atom. The Hall–Kier alpha value is -8.15. The van der Waals surface area contributed by atoms with Crippen LogP contribution in [-0.4, -0.2) is 17.8 Å². The normalized spacial score (nSPS) is 16.3. The lowest BCUT2D eigenvalue weighted by atomic mass is 9.82. The van der Waals surface area contributed by atoms with Crippen molar-refractivity contribution in [2.45, 2.75) is 19.4 Å². The molecule has 7 aromatic carbocycles. The molecule has 5 heteroatoms. The molecule has 1 aliphatic heterocycles. The molecule has 0 saturated carbocycles. The van der Waals surface area contributed by atoms with E-state index in [9.17, 15) is 0 Å². The third kappa shape index (κ3) is 6.75. The Morgan fingerprint density at radius 1 is 0.585 bits per heavy atom. The summed E-state index contributed by atoms with van der Waals surface area (Å²) in [6.45, 7) is 6.43. The van der Waals surface area contributed by atoms with Crippen LogP contribution in [0.4, 0.5) is 0 Å². The van der Waals surface area contributed by atoms with E-state index in [0.717, 1.165) is 112 Å². The molecule has 5 nitrogen and oxygen atoms in total. The van der Waals surface area contributed by atoms with Crippen molar-refractivity contribution in [1.82, 2.24) is 4.90 Å². The van der Waals surface area contributed by atoms with Gasteiger partial charge in [0.2, 0.25) is 0 Å². The minimum atomic E-state index is -0.0897. The highest BCUT2D eigenvalue weighted by atomic mass is 16.3. The zero-order valence-electron chi connectivity index (χ0n) is 36.2. The molecule has 0 bridgehead atoms. The molecule has 2 atom stereocenters. The third-order valence-corrected chi connectivity index (χ3v) is 13.2. The quantitative estimate of drug-likeness (QED) is 0.153. The predicted molar refractivity (Wildman–Crippen MR) is 269 cm³/mol. The minimum Gasteiger partial charge on any atom is -0.460 e. The minimum absolute atomic E-state index is 0.0897. The van der Waals surface area contributed by atoms with Gasteiger partial charge in [-0.15, -0.1) is 0 Å². The van der Waals surface area contributed by atoms with Gasteiger partial charge in [0.05, 0.1) is 11.7 Å². The zero-order valence-corrected chi connectivity index (χ0v) is 36.2. The van der Waals surface area contributed by atoms with Gasteiger partial charge in [-0.3, -0.25) is 0 Å². The fourth-order valence-corrected chi connectivity index (χ4v) is 9.87. The van der Waals surface area contributed by atoms with Crippen LogP contribution in [0, 0.1) is 5.92 Å².